The Morgan fingerprint density at radius 1 is 1.55 bits per heavy atom. The van der Waals surface area contributed by atoms with Crippen molar-refractivity contribution < 1.29 is 0 Å². The monoisotopic (exact) mass is 150 g/mol. The predicted octanol–water partition coefficient (Wildman–Crippen LogP) is 1.66. The minimum Gasteiger partial charge on any atom is -0.323 e. The minimum atomic E-state index is -0.0656. The van der Waals surface area contributed by atoms with Crippen molar-refractivity contribution in [2.45, 2.75) is 13.0 Å². The van der Waals surface area contributed by atoms with Crippen LogP contribution in [-0.4, -0.2) is 11.8 Å². The van der Waals surface area contributed by atoms with Crippen molar-refractivity contribution in [2.24, 2.45) is 10.7 Å². The van der Waals surface area contributed by atoms with Crippen LogP contribution in [0.5, 0.6) is 0 Å². The third-order valence-electron chi connectivity index (χ3n) is 1.11. The average Bonchev–Trinajstić information content (AvgIpc) is 1.97. The summed E-state index contributed by atoms with van der Waals surface area (Å²) in [6.07, 6.45) is 6.78. The number of nitrogens with two attached hydrogens (primary N) is 1. The van der Waals surface area contributed by atoms with E-state index in [1.54, 1.807) is 12.2 Å². The molecule has 0 aromatic rings. The quantitative estimate of drug-likeness (QED) is 0.480. The number of aliphatic imine (C=N–C) groups is 1. The van der Waals surface area contributed by atoms with E-state index in [4.69, 9.17) is 5.73 Å². The van der Waals surface area contributed by atoms with Crippen LogP contribution in [-0.2, 0) is 0 Å². The van der Waals surface area contributed by atoms with Crippen LogP contribution in [0.2, 0.25) is 0 Å². The van der Waals surface area contributed by atoms with Crippen LogP contribution in [0.4, 0.5) is 0 Å². The molecule has 0 aliphatic rings. The lowest BCUT2D eigenvalue weighted by atomic mass is 10.2. The molecule has 0 bridgehead atoms. The number of allylic oxidation sites excluding steroid dienone is 2. The lowest BCUT2D eigenvalue weighted by molar-refractivity contribution is 0.977. The molecule has 0 aromatic carbocycles. The van der Waals surface area contributed by atoms with E-state index in [1.807, 2.05) is 13.0 Å². The predicted molar refractivity (Wildman–Crippen MR) is 50.6 cm³/mol. The van der Waals surface area contributed by atoms with Gasteiger partial charge in [-0.25, -0.2) is 0 Å². The van der Waals surface area contributed by atoms with Crippen molar-refractivity contribution in [3.63, 3.8) is 0 Å². The lowest BCUT2D eigenvalue weighted by Crippen LogP contribution is -2.24. The SMILES string of the molecule is C=C/C=C\C(=NC=C)[C@@H](C)N. The van der Waals surface area contributed by atoms with Gasteiger partial charge in [0.2, 0.25) is 0 Å². The van der Waals surface area contributed by atoms with Gasteiger partial charge in [0, 0.05) is 12.2 Å². The Labute approximate surface area is 67.8 Å². The van der Waals surface area contributed by atoms with Gasteiger partial charge in [0.1, 0.15) is 0 Å². The topological polar surface area (TPSA) is 38.4 Å². The van der Waals surface area contributed by atoms with Crippen molar-refractivity contribution in [1.82, 2.24) is 0 Å². The summed E-state index contributed by atoms with van der Waals surface area (Å²) in [6.45, 7) is 8.90. The minimum absolute atomic E-state index is 0.0656. The second kappa shape index (κ2) is 5.62. The molecule has 0 amide bonds. The fourth-order valence-corrected chi connectivity index (χ4v) is 0.584. The molecule has 0 radical (unpaired) electrons. The van der Waals surface area contributed by atoms with Gasteiger partial charge in [0.15, 0.2) is 0 Å². The number of hydrogen-bond acceptors (Lipinski definition) is 2. The summed E-state index contributed by atoms with van der Waals surface area (Å²) < 4.78 is 0. The Hall–Kier alpha value is -1.15. The van der Waals surface area contributed by atoms with E-state index in [1.165, 1.54) is 6.20 Å². The second-order valence-electron chi connectivity index (χ2n) is 2.12. The van der Waals surface area contributed by atoms with Gasteiger partial charge in [0.05, 0.1) is 5.71 Å². The van der Waals surface area contributed by atoms with E-state index in [0.29, 0.717) is 0 Å². The summed E-state index contributed by atoms with van der Waals surface area (Å²) in [4.78, 5) is 3.98. The molecule has 1 atom stereocenters. The normalized spacial score (nSPS) is 14.9. The summed E-state index contributed by atoms with van der Waals surface area (Å²) in [6, 6.07) is -0.0656. The summed E-state index contributed by atoms with van der Waals surface area (Å²) >= 11 is 0. The Morgan fingerprint density at radius 2 is 2.18 bits per heavy atom. The number of nitrogens with zero attached hydrogens (tertiary/aromatic N) is 1. The Bertz CT molecular complexity index is 188. The van der Waals surface area contributed by atoms with Gasteiger partial charge in [-0.2, -0.15) is 0 Å². The molecule has 0 heterocycles. The number of hydrogen-bond donors (Lipinski definition) is 1. The molecular formula is C9H14N2. The Kier molecular flexibility index (Phi) is 5.03. The highest BCUT2D eigenvalue weighted by atomic mass is 14.8. The van der Waals surface area contributed by atoms with E-state index >= 15 is 0 Å². The summed E-state index contributed by atoms with van der Waals surface area (Å²) in [7, 11) is 0. The molecule has 11 heavy (non-hydrogen) atoms. The molecular weight excluding hydrogens is 136 g/mol. The third kappa shape index (κ3) is 4.28. The van der Waals surface area contributed by atoms with Crippen molar-refractivity contribution in [2.75, 3.05) is 0 Å². The summed E-state index contributed by atoms with van der Waals surface area (Å²) in [5.41, 5.74) is 6.40. The Morgan fingerprint density at radius 3 is 2.55 bits per heavy atom. The van der Waals surface area contributed by atoms with Crippen LogP contribution in [0.3, 0.4) is 0 Å². The van der Waals surface area contributed by atoms with E-state index < -0.39 is 0 Å². The van der Waals surface area contributed by atoms with Gasteiger partial charge in [-0.05, 0) is 13.0 Å². The molecule has 0 unspecified atom stereocenters. The van der Waals surface area contributed by atoms with Crippen molar-refractivity contribution in [1.29, 1.82) is 0 Å². The largest absolute Gasteiger partial charge is 0.323 e. The zero-order chi connectivity index (χ0) is 8.69. The van der Waals surface area contributed by atoms with Gasteiger partial charge in [-0.1, -0.05) is 25.3 Å². The molecule has 0 rings (SSSR count). The van der Waals surface area contributed by atoms with Gasteiger partial charge in [0.25, 0.3) is 0 Å². The fraction of sp³-hybridized carbons (Fsp3) is 0.222. The highest BCUT2D eigenvalue weighted by molar-refractivity contribution is 5.99. The van der Waals surface area contributed by atoms with Gasteiger partial charge < -0.3 is 5.73 Å². The first-order chi connectivity index (χ1) is 5.22. The first-order valence-corrected chi connectivity index (χ1v) is 3.45. The van der Waals surface area contributed by atoms with Gasteiger partial charge >= 0.3 is 0 Å². The van der Waals surface area contributed by atoms with Crippen LogP contribution >= 0.6 is 0 Å². The third-order valence-corrected chi connectivity index (χ3v) is 1.11. The van der Waals surface area contributed by atoms with Crippen molar-refractivity contribution in [3.05, 3.63) is 37.6 Å². The molecule has 0 aromatic heterocycles. The highest BCUT2D eigenvalue weighted by Gasteiger charge is 1.97. The average molecular weight is 150 g/mol. The molecule has 2 N–H and O–H groups in total. The van der Waals surface area contributed by atoms with Crippen LogP contribution in [0, 0.1) is 0 Å². The smallest absolute Gasteiger partial charge is 0.0567 e. The maximum atomic E-state index is 5.60. The van der Waals surface area contributed by atoms with E-state index in [-0.39, 0.29) is 6.04 Å². The first kappa shape index (κ1) is 9.85. The zero-order valence-electron chi connectivity index (χ0n) is 6.83. The molecule has 0 aliphatic carbocycles. The second-order valence-corrected chi connectivity index (χ2v) is 2.12. The summed E-state index contributed by atoms with van der Waals surface area (Å²) in [5, 5.41) is 0. The van der Waals surface area contributed by atoms with Crippen LogP contribution in [0.25, 0.3) is 0 Å². The molecule has 60 valence electrons. The van der Waals surface area contributed by atoms with Gasteiger partial charge in [-0.3, -0.25) is 4.99 Å². The standard InChI is InChI=1S/C9H14N2/c1-4-6-7-9(8(3)10)11-5-2/h4-8H,1-2,10H2,3H3/b7-6-,11-9?/t8-/m1/s1. The van der Waals surface area contributed by atoms with Crippen molar-refractivity contribution in [3.8, 4) is 0 Å². The summed E-state index contributed by atoms with van der Waals surface area (Å²) in [5.74, 6) is 0. The first-order valence-electron chi connectivity index (χ1n) is 3.45. The molecule has 2 heteroatoms. The van der Waals surface area contributed by atoms with Crippen LogP contribution < -0.4 is 5.73 Å². The van der Waals surface area contributed by atoms with E-state index in [9.17, 15) is 0 Å². The maximum Gasteiger partial charge on any atom is 0.0567 e. The van der Waals surface area contributed by atoms with Crippen LogP contribution in [0.15, 0.2) is 42.6 Å². The molecule has 0 saturated heterocycles. The van der Waals surface area contributed by atoms with E-state index in [2.05, 4.69) is 18.2 Å². The highest BCUT2D eigenvalue weighted by Crippen LogP contribution is 1.89. The van der Waals surface area contributed by atoms with Crippen molar-refractivity contribution >= 4 is 5.71 Å². The molecule has 0 saturated carbocycles. The van der Waals surface area contributed by atoms with E-state index in [0.717, 1.165) is 5.71 Å². The van der Waals surface area contributed by atoms with Crippen LogP contribution in [0.1, 0.15) is 6.92 Å². The lowest BCUT2D eigenvalue weighted by Gasteiger charge is -2.02. The maximum absolute atomic E-state index is 5.60. The van der Waals surface area contributed by atoms with Gasteiger partial charge in [-0.15, -0.1) is 0 Å². The number of rotatable bonds is 4. The molecule has 0 aliphatic heterocycles. The Balaban J connectivity index is 4.34. The molecule has 0 fully saturated rings. The molecule has 2 nitrogen and oxygen atoms in total. The molecule has 0 spiro atoms. The zero-order valence-corrected chi connectivity index (χ0v) is 6.83. The fourth-order valence-electron chi connectivity index (χ4n) is 0.584.